The summed E-state index contributed by atoms with van der Waals surface area (Å²) in [5.41, 5.74) is 11.7. The van der Waals surface area contributed by atoms with E-state index in [1.54, 1.807) is 0 Å². The molecule has 0 aliphatic rings. The molecule has 0 aliphatic heterocycles. The lowest BCUT2D eigenvalue weighted by Crippen LogP contribution is -2.20. The van der Waals surface area contributed by atoms with Crippen molar-refractivity contribution in [3.63, 3.8) is 0 Å². The molecule has 2 aromatic carbocycles. The SMILES string of the molecule is CC.CNc1ccc(-c2nc3ccc(NCCN(C)C)cc3[nH]2)cc1N. The van der Waals surface area contributed by atoms with Crippen LogP contribution in [0.1, 0.15) is 13.8 Å². The van der Waals surface area contributed by atoms with Gasteiger partial charge < -0.3 is 26.3 Å². The Labute approximate surface area is 155 Å². The minimum Gasteiger partial charge on any atom is -0.397 e. The summed E-state index contributed by atoms with van der Waals surface area (Å²) in [6.07, 6.45) is 0. The smallest absolute Gasteiger partial charge is 0.138 e. The summed E-state index contributed by atoms with van der Waals surface area (Å²) >= 11 is 0. The van der Waals surface area contributed by atoms with Crippen LogP contribution in [0.2, 0.25) is 0 Å². The second-order valence-electron chi connectivity index (χ2n) is 6.10. The summed E-state index contributed by atoms with van der Waals surface area (Å²) in [4.78, 5) is 10.2. The van der Waals surface area contributed by atoms with Gasteiger partial charge in [0.15, 0.2) is 0 Å². The summed E-state index contributed by atoms with van der Waals surface area (Å²) in [7, 11) is 5.99. The Bertz CT molecular complexity index is 837. The highest BCUT2D eigenvalue weighted by Crippen LogP contribution is 2.27. The lowest BCUT2D eigenvalue weighted by Gasteiger charge is -2.11. The zero-order valence-electron chi connectivity index (χ0n) is 16.4. The van der Waals surface area contributed by atoms with Crippen LogP contribution in [0, 0.1) is 0 Å². The molecule has 0 radical (unpaired) electrons. The van der Waals surface area contributed by atoms with Crippen LogP contribution < -0.4 is 16.4 Å². The molecule has 0 aliphatic carbocycles. The van der Waals surface area contributed by atoms with Crippen LogP contribution in [0.15, 0.2) is 36.4 Å². The third kappa shape index (κ3) is 4.67. The normalized spacial score (nSPS) is 10.5. The standard InChI is InChI=1S/C18H24N6.C2H6/c1-20-15-6-4-12(10-14(15)19)18-22-16-7-5-13(11-17(16)23-18)21-8-9-24(2)3;1-2/h4-7,10-11,20-21H,8-9,19H2,1-3H3,(H,22,23);1-2H3. The maximum absolute atomic E-state index is 6.05. The predicted octanol–water partition coefficient (Wildman–Crippen LogP) is 3.85. The van der Waals surface area contributed by atoms with Crippen LogP contribution in [-0.4, -0.2) is 49.1 Å². The first-order valence-electron chi connectivity index (χ1n) is 9.03. The predicted molar refractivity (Wildman–Crippen MR) is 114 cm³/mol. The molecule has 1 aromatic heterocycles. The molecule has 6 nitrogen and oxygen atoms in total. The molecule has 3 rings (SSSR count). The number of H-pyrrole nitrogens is 1. The Hall–Kier alpha value is -2.73. The largest absolute Gasteiger partial charge is 0.397 e. The molecule has 0 unspecified atom stereocenters. The van der Waals surface area contributed by atoms with Gasteiger partial charge in [-0.05, 0) is 50.5 Å². The van der Waals surface area contributed by atoms with Gasteiger partial charge in [0.1, 0.15) is 5.82 Å². The molecule has 26 heavy (non-hydrogen) atoms. The number of aromatic amines is 1. The average Bonchev–Trinajstić information content (AvgIpc) is 3.06. The van der Waals surface area contributed by atoms with Crippen LogP contribution in [-0.2, 0) is 0 Å². The average molecular weight is 355 g/mol. The molecule has 0 saturated heterocycles. The Kier molecular flexibility index (Phi) is 6.86. The number of nitrogens with one attached hydrogen (secondary N) is 3. The summed E-state index contributed by atoms with van der Waals surface area (Å²) in [6, 6.07) is 12.1. The first-order chi connectivity index (χ1) is 12.6. The van der Waals surface area contributed by atoms with Gasteiger partial charge in [0, 0.05) is 31.4 Å². The van der Waals surface area contributed by atoms with E-state index in [2.05, 4.69) is 51.7 Å². The van der Waals surface area contributed by atoms with Crippen molar-refractivity contribution in [1.82, 2.24) is 14.9 Å². The molecular formula is C20H30N6. The molecule has 140 valence electrons. The number of anilines is 3. The Balaban J connectivity index is 0.00000117. The van der Waals surface area contributed by atoms with Crippen LogP contribution in [0.4, 0.5) is 17.1 Å². The minimum absolute atomic E-state index is 0.710. The van der Waals surface area contributed by atoms with Gasteiger partial charge in [-0.3, -0.25) is 0 Å². The van der Waals surface area contributed by atoms with E-state index in [-0.39, 0.29) is 0 Å². The Morgan fingerprint density at radius 1 is 1.12 bits per heavy atom. The minimum atomic E-state index is 0.710. The highest BCUT2D eigenvalue weighted by Gasteiger charge is 2.08. The van der Waals surface area contributed by atoms with Gasteiger partial charge in [0.05, 0.1) is 22.4 Å². The molecule has 0 saturated carbocycles. The molecule has 0 atom stereocenters. The van der Waals surface area contributed by atoms with Crippen molar-refractivity contribution in [2.45, 2.75) is 13.8 Å². The maximum Gasteiger partial charge on any atom is 0.138 e. The van der Waals surface area contributed by atoms with Crippen LogP contribution in [0.5, 0.6) is 0 Å². The number of benzene rings is 2. The molecule has 5 N–H and O–H groups in total. The number of likely N-dealkylation sites (N-methyl/N-ethyl adjacent to an activating group) is 1. The van der Waals surface area contributed by atoms with Crippen molar-refractivity contribution in [2.75, 3.05) is 50.6 Å². The van der Waals surface area contributed by atoms with E-state index in [1.807, 2.05) is 45.2 Å². The van der Waals surface area contributed by atoms with E-state index in [9.17, 15) is 0 Å². The van der Waals surface area contributed by atoms with Crippen LogP contribution in [0.25, 0.3) is 22.4 Å². The summed E-state index contributed by atoms with van der Waals surface area (Å²) in [5, 5.41) is 6.49. The number of aromatic nitrogens is 2. The van der Waals surface area contributed by atoms with E-state index in [0.717, 1.165) is 46.9 Å². The zero-order chi connectivity index (χ0) is 19.1. The number of hydrogen-bond donors (Lipinski definition) is 4. The number of nitrogen functional groups attached to an aromatic ring is 1. The first-order valence-corrected chi connectivity index (χ1v) is 9.03. The number of nitrogens with two attached hydrogens (primary N) is 1. The number of rotatable bonds is 6. The van der Waals surface area contributed by atoms with Crippen molar-refractivity contribution in [1.29, 1.82) is 0 Å². The molecule has 3 aromatic rings. The zero-order valence-corrected chi connectivity index (χ0v) is 16.4. The number of nitrogens with zero attached hydrogens (tertiary/aromatic N) is 2. The van der Waals surface area contributed by atoms with Crippen molar-refractivity contribution < 1.29 is 0 Å². The molecule has 0 spiro atoms. The molecule has 0 bridgehead atoms. The molecule has 0 fully saturated rings. The van der Waals surface area contributed by atoms with Gasteiger partial charge in [-0.25, -0.2) is 4.98 Å². The summed E-state index contributed by atoms with van der Waals surface area (Å²) < 4.78 is 0. The lowest BCUT2D eigenvalue weighted by molar-refractivity contribution is 0.425. The van der Waals surface area contributed by atoms with E-state index in [1.165, 1.54) is 0 Å². The van der Waals surface area contributed by atoms with Crippen molar-refractivity contribution in [2.24, 2.45) is 0 Å². The van der Waals surface area contributed by atoms with Gasteiger partial charge in [0.2, 0.25) is 0 Å². The van der Waals surface area contributed by atoms with Crippen LogP contribution in [0.3, 0.4) is 0 Å². The van der Waals surface area contributed by atoms with Crippen molar-refractivity contribution >= 4 is 28.1 Å². The van der Waals surface area contributed by atoms with Gasteiger partial charge >= 0.3 is 0 Å². The second kappa shape index (κ2) is 9.10. The first kappa shape index (κ1) is 19.6. The molecular weight excluding hydrogens is 324 g/mol. The Morgan fingerprint density at radius 2 is 1.88 bits per heavy atom. The monoisotopic (exact) mass is 354 g/mol. The summed E-state index contributed by atoms with van der Waals surface area (Å²) in [5.74, 6) is 0.824. The highest BCUT2D eigenvalue weighted by atomic mass is 15.1. The third-order valence-corrected chi connectivity index (χ3v) is 3.96. The highest BCUT2D eigenvalue weighted by molar-refractivity contribution is 5.83. The number of fused-ring (bicyclic) bond motifs is 1. The van der Waals surface area contributed by atoms with E-state index < -0.39 is 0 Å². The topological polar surface area (TPSA) is 82.0 Å². The molecule has 0 amide bonds. The van der Waals surface area contributed by atoms with Crippen LogP contribution >= 0.6 is 0 Å². The molecule has 1 heterocycles. The van der Waals surface area contributed by atoms with Gasteiger partial charge in [-0.2, -0.15) is 0 Å². The lowest BCUT2D eigenvalue weighted by atomic mass is 10.1. The Morgan fingerprint density at radius 3 is 2.54 bits per heavy atom. The van der Waals surface area contributed by atoms with Gasteiger partial charge in [0.25, 0.3) is 0 Å². The second-order valence-corrected chi connectivity index (χ2v) is 6.10. The number of hydrogen-bond acceptors (Lipinski definition) is 5. The molecule has 6 heteroatoms. The van der Waals surface area contributed by atoms with Crippen molar-refractivity contribution in [3.8, 4) is 11.4 Å². The van der Waals surface area contributed by atoms with E-state index in [0.29, 0.717) is 5.69 Å². The third-order valence-electron chi connectivity index (χ3n) is 3.96. The van der Waals surface area contributed by atoms with E-state index in [4.69, 9.17) is 5.73 Å². The fourth-order valence-corrected chi connectivity index (χ4v) is 2.62. The van der Waals surface area contributed by atoms with E-state index >= 15 is 0 Å². The quantitative estimate of drug-likeness (QED) is 0.506. The fraction of sp³-hybridized carbons (Fsp3) is 0.350. The summed E-state index contributed by atoms with van der Waals surface area (Å²) in [6.45, 7) is 5.89. The number of imidazole rings is 1. The fourth-order valence-electron chi connectivity index (χ4n) is 2.62. The van der Waals surface area contributed by atoms with Gasteiger partial charge in [-0.15, -0.1) is 0 Å². The van der Waals surface area contributed by atoms with Crippen molar-refractivity contribution in [3.05, 3.63) is 36.4 Å². The van der Waals surface area contributed by atoms with Gasteiger partial charge in [-0.1, -0.05) is 13.8 Å². The maximum atomic E-state index is 6.05.